The van der Waals surface area contributed by atoms with E-state index in [2.05, 4.69) is 23.6 Å². The molecule has 1 aliphatic heterocycles. The summed E-state index contributed by atoms with van der Waals surface area (Å²) in [5.41, 5.74) is 4.27. The van der Waals surface area contributed by atoms with E-state index in [-0.39, 0.29) is 11.6 Å². The van der Waals surface area contributed by atoms with E-state index in [0.717, 1.165) is 38.0 Å². The van der Waals surface area contributed by atoms with Crippen molar-refractivity contribution in [3.63, 3.8) is 0 Å². The second kappa shape index (κ2) is 6.34. The molecule has 4 heteroatoms. The Hall–Kier alpha value is -1.10. The molecule has 1 fully saturated rings. The van der Waals surface area contributed by atoms with Crippen LogP contribution in [0.5, 0.6) is 5.75 Å². The summed E-state index contributed by atoms with van der Waals surface area (Å²) in [6.45, 7) is 0.791. The molecule has 0 bridgehead atoms. The molecule has 2 atom stereocenters. The van der Waals surface area contributed by atoms with Crippen molar-refractivity contribution < 1.29 is 9.47 Å². The zero-order valence-electron chi connectivity index (χ0n) is 12.8. The predicted octanol–water partition coefficient (Wildman–Crippen LogP) is 2.73. The Morgan fingerprint density at radius 3 is 2.86 bits per heavy atom. The number of methoxy groups -OCH3 is 1. The molecule has 0 spiro atoms. The Kier molecular flexibility index (Phi) is 4.48. The van der Waals surface area contributed by atoms with Crippen LogP contribution in [0, 0.1) is 0 Å². The average Bonchev–Trinajstić information content (AvgIpc) is 3.02. The summed E-state index contributed by atoms with van der Waals surface area (Å²) in [5, 5.41) is 0. The fourth-order valence-electron chi connectivity index (χ4n) is 4.05. The lowest BCUT2D eigenvalue weighted by molar-refractivity contribution is -0.0403. The zero-order valence-corrected chi connectivity index (χ0v) is 12.8. The van der Waals surface area contributed by atoms with Crippen LogP contribution in [0.25, 0.3) is 0 Å². The van der Waals surface area contributed by atoms with Crippen molar-refractivity contribution in [2.75, 3.05) is 13.7 Å². The standard InChI is InChI=1S/C17H26N2O2/c1-20-17(9-4-5-10-17)16(19-18)12-13-8-11-21-15-7-3-2-6-14(13)15/h2-3,6-7,13,16,19H,4-5,8-12,18H2,1H3. The van der Waals surface area contributed by atoms with E-state index in [4.69, 9.17) is 15.3 Å². The van der Waals surface area contributed by atoms with Gasteiger partial charge < -0.3 is 9.47 Å². The van der Waals surface area contributed by atoms with Crippen LogP contribution >= 0.6 is 0 Å². The largest absolute Gasteiger partial charge is 0.493 e. The minimum absolute atomic E-state index is 0.0952. The average molecular weight is 290 g/mol. The number of hydrogen-bond donors (Lipinski definition) is 2. The Morgan fingerprint density at radius 1 is 1.38 bits per heavy atom. The van der Waals surface area contributed by atoms with Crippen molar-refractivity contribution in [3.8, 4) is 5.75 Å². The number of hydrazine groups is 1. The molecule has 0 amide bonds. The van der Waals surface area contributed by atoms with Gasteiger partial charge in [-0.2, -0.15) is 0 Å². The van der Waals surface area contributed by atoms with Crippen LogP contribution < -0.4 is 16.0 Å². The van der Waals surface area contributed by atoms with E-state index in [9.17, 15) is 0 Å². The summed E-state index contributed by atoms with van der Waals surface area (Å²) >= 11 is 0. The van der Waals surface area contributed by atoms with Crippen molar-refractivity contribution >= 4 is 0 Å². The Morgan fingerprint density at radius 2 is 2.14 bits per heavy atom. The first-order valence-corrected chi connectivity index (χ1v) is 8.02. The molecule has 2 unspecified atom stereocenters. The maximum absolute atomic E-state index is 5.91. The van der Waals surface area contributed by atoms with Gasteiger partial charge in [0.25, 0.3) is 0 Å². The second-order valence-corrected chi connectivity index (χ2v) is 6.30. The van der Waals surface area contributed by atoms with Crippen LogP contribution in [-0.2, 0) is 4.74 Å². The first kappa shape index (κ1) is 14.8. The number of ether oxygens (including phenoxy) is 2. The summed E-state index contributed by atoms with van der Waals surface area (Å²) in [5.74, 6) is 7.41. The minimum Gasteiger partial charge on any atom is -0.493 e. The third kappa shape index (κ3) is 2.80. The fraction of sp³-hybridized carbons (Fsp3) is 0.647. The van der Waals surface area contributed by atoms with Crippen LogP contribution in [0.15, 0.2) is 24.3 Å². The molecule has 21 heavy (non-hydrogen) atoms. The van der Waals surface area contributed by atoms with Crippen LogP contribution in [0.1, 0.15) is 50.0 Å². The molecule has 3 rings (SSSR count). The Labute approximate surface area is 127 Å². The van der Waals surface area contributed by atoms with Gasteiger partial charge in [-0.3, -0.25) is 11.3 Å². The van der Waals surface area contributed by atoms with Crippen LogP contribution in [0.4, 0.5) is 0 Å². The number of fused-ring (bicyclic) bond motifs is 1. The Bertz CT molecular complexity index is 472. The summed E-state index contributed by atoms with van der Waals surface area (Å²) in [6.07, 6.45) is 6.72. The van der Waals surface area contributed by atoms with Gasteiger partial charge in [0.15, 0.2) is 0 Å². The monoisotopic (exact) mass is 290 g/mol. The number of rotatable bonds is 5. The zero-order chi connectivity index (χ0) is 14.7. The van der Waals surface area contributed by atoms with Gasteiger partial charge >= 0.3 is 0 Å². The molecule has 1 heterocycles. The van der Waals surface area contributed by atoms with Gasteiger partial charge in [-0.15, -0.1) is 0 Å². The third-order valence-electron chi connectivity index (χ3n) is 5.30. The van der Waals surface area contributed by atoms with Gasteiger partial charge in [0.05, 0.1) is 18.2 Å². The van der Waals surface area contributed by atoms with Gasteiger partial charge in [-0.05, 0) is 43.2 Å². The van der Waals surface area contributed by atoms with E-state index >= 15 is 0 Å². The van der Waals surface area contributed by atoms with E-state index in [1.165, 1.54) is 18.4 Å². The molecule has 0 aromatic heterocycles. The van der Waals surface area contributed by atoms with Crippen molar-refractivity contribution in [3.05, 3.63) is 29.8 Å². The lowest BCUT2D eigenvalue weighted by Gasteiger charge is -2.39. The van der Waals surface area contributed by atoms with E-state index < -0.39 is 0 Å². The van der Waals surface area contributed by atoms with E-state index in [1.54, 1.807) is 0 Å². The summed E-state index contributed by atoms with van der Waals surface area (Å²) in [6, 6.07) is 8.57. The third-order valence-corrected chi connectivity index (χ3v) is 5.30. The van der Waals surface area contributed by atoms with Crippen molar-refractivity contribution in [1.29, 1.82) is 0 Å². The number of nitrogens with one attached hydrogen (secondary N) is 1. The number of hydrogen-bond acceptors (Lipinski definition) is 4. The fourth-order valence-corrected chi connectivity index (χ4v) is 4.05. The Balaban J connectivity index is 1.79. The van der Waals surface area contributed by atoms with Gasteiger partial charge in [-0.1, -0.05) is 31.0 Å². The topological polar surface area (TPSA) is 56.5 Å². The maximum atomic E-state index is 5.91. The maximum Gasteiger partial charge on any atom is 0.122 e. The lowest BCUT2D eigenvalue weighted by Crippen LogP contribution is -2.53. The highest BCUT2D eigenvalue weighted by molar-refractivity contribution is 5.37. The molecule has 3 N–H and O–H groups in total. The van der Waals surface area contributed by atoms with E-state index in [0.29, 0.717) is 5.92 Å². The molecule has 1 aromatic carbocycles. The molecular weight excluding hydrogens is 264 g/mol. The number of nitrogens with two attached hydrogens (primary N) is 1. The van der Waals surface area contributed by atoms with Gasteiger partial charge in [0.2, 0.25) is 0 Å². The summed E-state index contributed by atoms with van der Waals surface area (Å²) in [7, 11) is 1.83. The van der Waals surface area contributed by atoms with Crippen molar-refractivity contribution in [2.45, 2.75) is 56.1 Å². The highest BCUT2D eigenvalue weighted by atomic mass is 16.5. The molecule has 116 valence electrons. The molecule has 0 radical (unpaired) electrons. The quantitative estimate of drug-likeness (QED) is 0.647. The van der Waals surface area contributed by atoms with Gasteiger partial charge in [0.1, 0.15) is 5.75 Å². The van der Waals surface area contributed by atoms with Gasteiger partial charge in [-0.25, -0.2) is 0 Å². The van der Waals surface area contributed by atoms with Crippen molar-refractivity contribution in [2.24, 2.45) is 5.84 Å². The van der Waals surface area contributed by atoms with Crippen LogP contribution in [0.2, 0.25) is 0 Å². The van der Waals surface area contributed by atoms with E-state index in [1.807, 2.05) is 13.2 Å². The highest BCUT2D eigenvalue weighted by Crippen LogP contribution is 2.42. The van der Waals surface area contributed by atoms with Crippen LogP contribution in [-0.4, -0.2) is 25.4 Å². The summed E-state index contributed by atoms with van der Waals surface area (Å²) < 4.78 is 11.7. The minimum atomic E-state index is -0.0952. The molecule has 2 aliphatic rings. The highest BCUT2D eigenvalue weighted by Gasteiger charge is 2.42. The van der Waals surface area contributed by atoms with Crippen molar-refractivity contribution in [1.82, 2.24) is 5.43 Å². The molecule has 4 nitrogen and oxygen atoms in total. The summed E-state index contributed by atoms with van der Waals surface area (Å²) in [4.78, 5) is 0. The lowest BCUT2D eigenvalue weighted by atomic mass is 9.81. The van der Waals surface area contributed by atoms with Crippen LogP contribution in [0.3, 0.4) is 0 Å². The predicted molar refractivity (Wildman–Crippen MR) is 83.2 cm³/mol. The first-order chi connectivity index (χ1) is 10.3. The van der Waals surface area contributed by atoms with Gasteiger partial charge in [0, 0.05) is 7.11 Å². The molecule has 1 aliphatic carbocycles. The normalized spacial score (nSPS) is 25.1. The first-order valence-electron chi connectivity index (χ1n) is 8.02. The molecule has 1 saturated carbocycles. The number of para-hydroxylation sites is 1. The molecular formula is C17H26N2O2. The molecule has 1 aromatic rings. The second-order valence-electron chi connectivity index (χ2n) is 6.30. The SMILES string of the molecule is COC1(C(CC2CCOc3ccccc32)NN)CCCC1. The molecule has 0 saturated heterocycles. The number of benzene rings is 1. The smallest absolute Gasteiger partial charge is 0.122 e.